The Morgan fingerprint density at radius 3 is 2.46 bits per heavy atom. The summed E-state index contributed by atoms with van der Waals surface area (Å²) in [6.45, 7) is 1.26. The van der Waals surface area contributed by atoms with Gasteiger partial charge in [0.25, 0.3) is 5.91 Å². The minimum atomic E-state index is -0.128. The van der Waals surface area contributed by atoms with Crippen molar-refractivity contribution in [2.45, 2.75) is 25.7 Å². The first kappa shape index (κ1) is 19.7. The number of carbonyl (C=O) groups is 2. The SMILES string of the molecule is COc1ccc(CCNC(=O)c2ccc(N3CCCCC3=O)cc2)cc1OC. The number of hydrogen-bond donors (Lipinski definition) is 1. The maximum absolute atomic E-state index is 12.4. The largest absolute Gasteiger partial charge is 0.493 e. The molecule has 1 aliphatic heterocycles. The molecule has 6 nitrogen and oxygen atoms in total. The van der Waals surface area contributed by atoms with Gasteiger partial charge in [0.15, 0.2) is 11.5 Å². The van der Waals surface area contributed by atoms with Gasteiger partial charge >= 0.3 is 0 Å². The monoisotopic (exact) mass is 382 g/mol. The molecule has 2 aromatic carbocycles. The lowest BCUT2D eigenvalue weighted by molar-refractivity contribution is -0.119. The predicted octanol–water partition coefficient (Wildman–Crippen LogP) is 3.19. The summed E-state index contributed by atoms with van der Waals surface area (Å²) < 4.78 is 10.5. The van der Waals surface area contributed by atoms with E-state index in [0.717, 1.165) is 30.6 Å². The number of nitrogens with zero attached hydrogens (tertiary/aromatic N) is 1. The van der Waals surface area contributed by atoms with E-state index in [1.54, 1.807) is 31.3 Å². The number of anilines is 1. The van der Waals surface area contributed by atoms with Gasteiger partial charge < -0.3 is 19.7 Å². The van der Waals surface area contributed by atoms with Crippen LogP contribution >= 0.6 is 0 Å². The third-order valence-corrected chi connectivity index (χ3v) is 4.91. The molecule has 0 bridgehead atoms. The molecule has 2 aromatic rings. The lowest BCUT2D eigenvalue weighted by atomic mass is 10.1. The molecule has 28 heavy (non-hydrogen) atoms. The molecule has 1 N–H and O–H groups in total. The summed E-state index contributed by atoms with van der Waals surface area (Å²) in [4.78, 5) is 26.2. The van der Waals surface area contributed by atoms with Crippen LogP contribution in [-0.4, -0.2) is 39.1 Å². The average Bonchev–Trinajstić information content (AvgIpc) is 2.74. The lowest BCUT2D eigenvalue weighted by Gasteiger charge is -2.26. The number of benzene rings is 2. The van der Waals surface area contributed by atoms with Crippen molar-refractivity contribution >= 4 is 17.5 Å². The number of hydrogen-bond acceptors (Lipinski definition) is 4. The summed E-state index contributed by atoms with van der Waals surface area (Å²) in [5.74, 6) is 1.38. The number of methoxy groups -OCH3 is 2. The molecule has 148 valence electrons. The fraction of sp³-hybridized carbons (Fsp3) is 0.364. The molecule has 2 amide bonds. The highest BCUT2D eigenvalue weighted by molar-refractivity contribution is 5.96. The Hall–Kier alpha value is -3.02. The highest BCUT2D eigenvalue weighted by Gasteiger charge is 2.19. The van der Waals surface area contributed by atoms with Crippen molar-refractivity contribution in [3.8, 4) is 11.5 Å². The Morgan fingerprint density at radius 2 is 1.79 bits per heavy atom. The fourth-order valence-corrected chi connectivity index (χ4v) is 3.33. The number of piperidine rings is 1. The molecule has 0 unspecified atom stereocenters. The van der Waals surface area contributed by atoms with Crippen LogP contribution in [0.1, 0.15) is 35.2 Å². The Balaban J connectivity index is 1.54. The van der Waals surface area contributed by atoms with Crippen LogP contribution in [0.2, 0.25) is 0 Å². The summed E-state index contributed by atoms with van der Waals surface area (Å²) in [5, 5.41) is 2.93. The number of rotatable bonds is 7. The summed E-state index contributed by atoms with van der Waals surface area (Å²) in [6, 6.07) is 12.9. The summed E-state index contributed by atoms with van der Waals surface area (Å²) in [7, 11) is 3.20. The van der Waals surface area contributed by atoms with Crippen LogP contribution in [-0.2, 0) is 11.2 Å². The van der Waals surface area contributed by atoms with Gasteiger partial charge in [-0.1, -0.05) is 6.07 Å². The molecular formula is C22H26N2O4. The van der Waals surface area contributed by atoms with Crippen molar-refractivity contribution in [1.82, 2.24) is 5.32 Å². The van der Waals surface area contributed by atoms with Crippen LogP contribution in [0.3, 0.4) is 0 Å². The molecular weight excluding hydrogens is 356 g/mol. The fourth-order valence-electron chi connectivity index (χ4n) is 3.33. The highest BCUT2D eigenvalue weighted by atomic mass is 16.5. The van der Waals surface area contributed by atoms with Gasteiger partial charge in [0.2, 0.25) is 5.91 Å². The van der Waals surface area contributed by atoms with E-state index in [1.807, 2.05) is 30.3 Å². The molecule has 1 aliphatic rings. The molecule has 1 saturated heterocycles. The lowest BCUT2D eigenvalue weighted by Crippen LogP contribution is -2.35. The first-order valence-corrected chi connectivity index (χ1v) is 9.52. The van der Waals surface area contributed by atoms with Crippen LogP contribution in [0.15, 0.2) is 42.5 Å². The van der Waals surface area contributed by atoms with Gasteiger partial charge in [0.05, 0.1) is 14.2 Å². The van der Waals surface area contributed by atoms with Crippen LogP contribution in [0, 0.1) is 0 Å². The molecule has 0 atom stereocenters. The summed E-state index contributed by atoms with van der Waals surface area (Å²) in [5.41, 5.74) is 2.49. The van der Waals surface area contributed by atoms with Gasteiger partial charge in [-0.3, -0.25) is 9.59 Å². The second kappa shape index (κ2) is 9.26. The van der Waals surface area contributed by atoms with E-state index in [0.29, 0.717) is 36.4 Å². The van der Waals surface area contributed by atoms with Crippen molar-refractivity contribution in [1.29, 1.82) is 0 Å². The van der Waals surface area contributed by atoms with E-state index >= 15 is 0 Å². The number of ether oxygens (including phenoxy) is 2. The van der Waals surface area contributed by atoms with Crippen LogP contribution in [0.4, 0.5) is 5.69 Å². The summed E-state index contributed by atoms with van der Waals surface area (Å²) >= 11 is 0. The van der Waals surface area contributed by atoms with Crippen LogP contribution < -0.4 is 19.7 Å². The van der Waals surface area contributed by atoms with Gasteiger partial charge in [-0.2, -0.15) is 0 Å². The smallest absolute Gasteiger partial charge is 0.251 e. The third kappa shape index (κ3) is 4.63. The zero-order chi connectivity index (χ0) is 19.9. The van der Waals surface area contributed by atoms with Gasteiger partial charge in [-0.25, -0.2) is 0 Å². The van der Waals surface area contributed by atoms with E-state index in [9.17, 15) is 9.59 Å². The van der Waals surface area contributed by atoms with Crippen molar-refractivity contribution in [3.05, 3.63) is 53.6 Å². The van der Waals surface area contributed by atoms with E-state index in [2.05, 4.69) is 5.32 Å². The molecule has 6 heteroatoms. The van der Waals surface area contributed by atoms with Gasteiger partial charge in [-0.15, -0.1) is 0 Å². The Labute approximate surface area is 165 Å². The average molecular weight is 382 g/mol. The molecule has 0 saturated carbocycles. The second-order valence-electron chi connectivity index (χ2n) is 6.74. The highest BCUT2D eigenvalue weighted by Crippen LogP contribution is 2.27. The molecule has 0 aromatic heterocycles. The van der Waals surface area contributed by atoms with Gasteiger partial charge in [-0.05, 0) is 61.2 Å². The Bertz CT molecular complexity index is 833. The quantitative estimate of drug-likeness (QED) is 0.799. The van der Waals surface area contributed by atoms with E-state index < -0.39 is 0 Å². The van der Waals surface area contributed by atoms with E-state index in [4.69, 9.17) is 9.47 Å². The normalized spacial score (nSPS) is 13.9. The first-order valence-electron chi connectivity index (χ1n) is 9.52. The van der Waals surface area contributed by atoms with Gasteiger partial charge in [0.1, 0.15) is 0 Å². The Morgan fingerprint density at radius 1 is 1.04 bits per heavy atom. The molecule has 1 heterocycles. The maximum Gasteiger partial charge on any atom is 0.251 e. The zero-order valence-corrected chi connectivity index (χ0v) is 16.4. The van der Waals surface area contributed by atoms with Gasteiger partial charge in [0, 0.05) is 30.8 Å². The minimum Gasteiger partial charge on any atom is -0.493 e. The van der Waals surface area contributed by atoms with E-state index in [1.165, 1.54) is 0 Å². The molecule has 1 fully saturated rings. The second-order valence-corrected chi connectivity index (χ2v) is 6.74. The summed E-state index contributed by atoms with van der Waals surface area (Å²) in [6.07, 6.45) is 3.25. The molecule has 0 aliphatic carbocycles. The van der Waals surface area contributed by atoms with Crippen molar-refractivity contribution < 1.29 is 19.1 Å². The maximum atomic E-state index is 12.4. The molecule has 3 rings (SSSR count). The number of nitrogens with one attached hydrogen (secondary N) is 1. The minimum absolute atomic E-state index is 0.128. The third-order valence-electron chi connectivity index (χ3n) is 4.91. The van der Waals surface area contributed by atoms with Crippen molar-refractivity contribution in [3.63, 3.8) is 0 Å². The van der Waals surface area contributed by atoms with Crippen LogP contribution in [0.25, 0.3) is 0 Å². The first-order chi connectivity index (χ1) is 13.6. The van der Waals surface area contributed by atoms with Crippen molar-refractivity contribution in [2.75, 3.05) is 32.2 Å². The molecule has 0 spiro atoms. The van der Waals surface area contributed by atoms with Crippen LogP contribution in [0.5, 0.6) is 11.5 Å². The van der Waals surface area contributed by atoms with Crippen molar-refractivity contribution in [2.24, 2.45) is 0 Å². The Kier molecular flexibility index (Phi) is 6.53. The van der Waals surface area contributed by atoms with E-state index in [-0.39, 0.29) is 11.8 Å². The number of amides is 2. The number of carbonyl (C=O) groups excluding carboxylic acids is 2. The standard InChI is InChI=1S/C22H26N2O4/c1-27-19-11-6-16(15-20(19)28-2)12-13-23-22(26)17-7-9-18(10-8-17)24-14-4-3-5-21(24)25/h6-11,15H,3-5,12-14H2,1-2H3,(H,23,26). The zero-order valence-electron chi connectivity index (χ0n) is 16.4. The molecule has 0 radical (unpaired) electrons. The topological polar surface area (TPSA) is 67.9 Å². The predicted molar refractivity (Wildman–Crippen MR) is 108 cm³/mol.